The van der Waals surface area contributed by atoms with E-state index in [0.717, 1.165) is 19.3 Å². The van der Waals surface area contributed by atoms with Gasteiger partial charge >= 0.3 is 0 Å². The van der Waals surface area contributed by atoms with E-state index < -0.39 is 0 Å². The standard InChI is InChI=1S/C14H30N2O/c1-8-10-14(6,7)15-11(3)12(17)16-13(4,5)9-2/h11,15H,8-10H2,1-7H3,(H,16,17). The Hall–Kier alpha value is -0.570. The van der Waals surface area contributed by atoms with Crippen LogP contribution in [0.25, 0.3) is 0 Å². The molecule has 0 radical (unpaired) electrons. The molecule has 0 aliphatic rings. The maximum Gasteiger partial charge on any atom is 0.237 e. The number of nitrogens with one attached hydrogen (secondary N) is 2. The minimum absolute atomic E-state index is 0.0157. The first kappa shape index (κ1) is 16.4. The summed E-state index contributed by atoms with van der Waals surface area (Å²) in [6.07, 6.45) is 3.13. The molecule has 102 valence electrons. The molecule has 0 saturated carbocycles. The van der Waals surface area contributed by atoms with Crippen LogP contribution < -0.4 is 10.6 Å². The predicted molar refractivity (Wildman–Crippen MR) is 74.1 cm³/mol. The second-order valence-electron chi connectivity index (χ2n) is 6.23. The Morgan fingerprint density at radius 2 is 1.65 bits per heavy atom. The lowest BCUT2D eigenvalue weighted by molar-refractivity contribution is -0.124. The number of carbonyl (C=O) groups is 1. The molecule has 0 saturated heterocycles. The molecule has 3 nitrogen and oxygen atoms in total. The molecule has 0 heterocycles. The smallest absolute Gasteiger partial charge is 0.237 e. The number of hydrogen-bond donors (Lipinski definition) is 2. The third-order valence-electron chi connectivity index (χ3n) is 3.22. The van der Waals surface area contributed by atoms with E-state index in [1.165, 1.54) is 0 Å². The van der Waals surface area contributed by atoms with Gasteiger partial charge in [-0.15, -0.1) is 0 Å². The van der Waals surface area contributed by atoms with Crippen molar-refractivity contribution in [3.63, 3.8) is 0 Å². The van der Waals surface area contributed by atoms with E-state index >= 15 is 0 Å². The van der Waals surface area contributed by atoms with Crippen molar-refractivity contribution in [2.24, 2.45) is 0 Å². The first-order chi connectivity index (χ1) is 7.63. The van der Waals surface area contributed by atoms with Crippen LogP contribution in [0.5, 0.6) is 0 Å². The summed E-state index contributed by atoms with van der Waals surface area (Å²) >= 11 is 0. The van der Waals surface area contributed by atoms with E-state index in [4.69, 9.17) is 0 Å². The third-order valence-corrected chi connectivity index (χ3v) is 3.22. The molecule has 0 spiro atoms. The predicted octanol–water partition coefficient (Wildman–Crippen LogP) is 2.85. The first-order valence-electron chi connectivity index (χ1n) is 6.73. The molecule has 3 heteroatoms. The van der Waals surface area contributed by atoms with E-state index in [-0.39, 0.29) is 23.0 Å². The number of rotatable bonds is 7. The van der Waals surface area contributed by atoms with Gasteiger partial charge in [-0.05, 0) is 47.5 Å². The first-order valence-corrected chi connectivity index (χ1v) is 6.73. The van der Waals surface area contributed by atoms with Crippen LogP contribution in [0.2, 0.25) is 0 Å². The van der Waals surface area contributed by atoms with Gasteiger partial charge in [-0.2, -0.15) is 0 Å². The van der Waals surface area contributed by atoms with E-state index in [9.17, 15) is 4.79 Å². The van der Waals surface area contributed by atoms with Crippen LogP contribution >= 0.6 is 0 Å². The molecule has 0 aliphatic carbocycles. The Kier molecular flexibility index (Phi) is 6.17. The average molecular weight is 242 g/mol. The van der Waals surface area contributed by atoms with Gasteiger partial charge in [0.05, 0.1) is 6.04 Å². The lowest BCUT2D eigenvalue weighted by Crippen LogP contribution is -2.55. The molecule has 0 fully saturated rings. The van der Waals surface area contributed by atoms with Crippen LogP contribution in [0.3, 0.4) is 0 Å². The minimum atomic E-state index is -0.151. The van der Waals surface area contributed by atoms with Crippen molar-refractivity contribution in [1.82, 2.24) is 10.6 Å². The molecular formula is C14H30N2O. The van der Waals surface area contributed by atoms with Crippen molar-refractivity contribution in [3.8, 4) is 0 Å². The molecule has 0 aromatic rings. The highest BCUT2D eigenvalue weighted by Gasteiger charge is 2.26. The number of carbonyl (C=O) groups excluding carboxylic acids is 1. The maximum atomic E-state index is 12.0. The van der Waals surface area contributed by atoms with Gasteiger partial charge in [0.1, 0.15) is 0 Å². The summed E-state index contributed by atoms with van der Waals surface area (Å²) in [5.74, 6) is 0.0843. The fourth-order valence-electron chi connectivity index (χ4n) is 1.88. The van der Waals surface area contributed by atoms with Gasteiger partial charge in [0, 0.05) is 11.1 Å². The lowest BCUT2D eigenvalue weighted by Gasteiger charge is -2.32. The third kappa shape index (κ3) is 6.67. The molecule has 1 unspecified atom stereocenters. The molecule has 0 bridgehead atoms. The number of amides is 1. The van der Waals surface area contributed by atoms with E-state index in [2.05, 4.69) is 52.2 Å². The molecule has 2 N–H and O–H groups in total. The second-order valence-corrected chi connectivity index (χ2v) is 6.23. The normalized spacial score (nSPS) is 14.5. The second kappa shape index (κ2) is 6.39. The van der Waals surface area contributed by atoms with Gasteiger partial charge in [-0.1, -0.05) is 20.3 Å². The summed E-state index contributed by atoms with van der Waals surface area (Å²) in [5, 5.41) is 6.46. The summed E-state index contributed by atoms with van der Waals surface area (Å²) < 4.78 is 0. The molecule has 17 heavy (non-hydrogen) atoms. The topological polar surface area (TPSA) is 41.1 Å². The summed E-state index contributed by atoms with van der Waals surface area (Å²) in [4.78, 5) is 12.0. The highest BCUT2D eigenvalue weighted by molar-refractivity contribution is 5.82. The van der Waals surface area contributed by atoms with Crippen molar-refractivity contribution in [3.05, 3.63) is 0 Å². The quantitative estimate of drug-likeness (QED) is 0.721. The van der Waals surface area contributed by atoms with Gasteiger partial charge in [0.25, 0.3) is 0 Å². The summed E-state index contributed by atoms with van der Waals surface area (Å²) in [6.45, 7) is 14.6. The van der Waals surface area contributed by atoms with Gasteiger partial charge in [0.15, 0.2) is 0 Å². The van der Waals surface area contributed by atoms with E-state index in [1.54, 1.807) is 0 Å². The molecule has 0 aromatic heterocycles. The van der Waals surface area contributed by atoms with Crippen molar-refractivity contribution in [2.75, 3.05) is 0 Å². The van der Waals surface area contributed by atoms with Crippen LogP contribution in [0.4, 0.5) is 0 Å². The van der Waals surface area contributed by atoms with Gasteiger partial charge in [-0.3, -0.25) is 4.79 Å². The molecular weight excluding hydrogens is 212 g/mol. The highest BCUT2D eigenvalue weighted by atomic mass is 16.2. The SMILES string of the molecule is CCCC(C)(C)NC(C)C(=O)NC(C)(C)CC. The van der Waals surface area contributed by atoms with Crippen molar-refractivity contribution in [2.45, 2.75) is 84.8 Å². The van der Waals surface area contributed by atoms with Gasteiger partial charge in [0.2, 0.25) is 5.91 Å². The Morgan fingerprint density at radius 1 is 1.12 bits per heavy atom. The summed E-state index contributed by atoms with van der Waals surface area (Å²) in [6, 6.07) is -0.151. The van der Waals surface area contributed by atoms with Gasteiger partial charge in [-0.25, -0.2) is 0 Å². The van der Waals surface area contributed by atoms with Crippen LogP contribution in [0.1, 0.15) is 67.7 Å². The summed E-state index contributed by atoms with van der Waals surface area (Å²) in [7, 11) is 0. The molecule has 1 amide bonds. The van der Waals surface area contributed by atoms with Crippen molar-refractivity contribution < 1.29 is 4.79 Å². The fraction of sp³-hybridized carbons (Fsp3) is 0.929. The van der Waals surface area contributed by atoms with Crippen LogP contribution in [-0.2, 0) is 4.79 Å². The summed E-state index contributed by atoms with van der Waals surface area (Å²) in [5.41, 5.74) is -0.107. The Labute approximate surface area is 107 Å². The van der Waals surface area contributed by atoms with Crippen molar-refractivity contribution >= 4 is 5.91 Å². The fourth-order valence-corrected chi connectivity index (χ4v) is 1.88. The van der Waals surface area contributed by atoms with E-state index in [0.29, 0.717) is 0 Å². The molecule has 0 rings (SSSR count). The van der Waals surface area contributed by atoms with Crippen molar-refractivity contribution in [1.29, 1.82) is 0 Å². The Balaban J connectivity index is 4.32. The molecule has 1 atom stereocenters. The van der Waals surface area contributed by atoms with Gasteiger partial charge < -0.3 is 10.6 Å². The highest BCUT2D eigenvalue weighted by Crippen LogP contribution is 2.13. The average Bonchev–Trinajstić information content (AvgIpc) is 2.16. The zero-order chi connectivity index (χ0) is 13.7. The molecule has 0 aromatic carbocycles. The zero-order valence-electron chi connectivity index (χ0n) is 12.6. The van der Waals surface area contributed by atoms with E-state index in [1.807, 2.05) is 6.92 Å². The Morgan fingerprint density at radius 3 is 2.06 bits per heavy atom. The molecule has 0 aliphatic heterocycles. The largest absolute Gasteiger partial charge is 0.350 e. The minimum Gasteiger partial charge on any atom is -0.350 e. The maximum absolute atomic E-state index is 12.0. The van der Waals surface area contributed by atoms with Crippen LogP contribution in [-0.4, -0.2) is 23.0 Å². The van der Waals surface area contributed by atoms with Crippen LogP contribution in [0.15, 0.2) is 0 Å². The van der Waals surface area contributed by atoms with Crippen LogP contribution in [0, 0.1) is 0 Å². The number of hydrogen-bond acceptors (Lipinski definition) is 2. The lowest BCUT2D eigenvalue weighted by atomic mass is 9.97. The Bertz CT molecular complexity index is 247. The monoisotopic (exact) mass is 242 g/mol. The zero-order valence-corrected chi connectivity index (χ0v) is 12.6.